The molecule has 0 spiro atoms. The highest BCUT2D eigenvalue weighted by molar-refractivity contribution is 5.73. The average Bonchev–Trinajstić information content (AvgIpc) is 3.16. The van der Waals surface area contributed by atoms with Crippen molar-refractivity contribution in [2.75, 3.05) is 13.2 Å². The van der Waals surface area contributed by atoms with Crippen LogP contribution in [0.5, 0.6) is 0 Å². The molecule has 1 unspecified atom stereocenters. The fraction of sp³-hybridized carbons (Fsp3) is 0.348. The van der Waals surface area contributed by atoms with Crippen LogP contribution in [0.4, 0.5) is 17.6 Å². The van der Waals surface area contributed by atoms with Crippen LogP contribution in [0.25, 0.3) is 0 Å². The Morgan fingerprint density at radius 1 is 1.12 bits per heavy atom. The molecule has 34 heavy (non-hydrogen) atoms. The van der Waals surface area contributed by atoms with E-state index in [1.807, 2.05) is 42.1 Å². The molecule has 11 heteroatoms. The molecular weight excluding hydrogens is 456 g/mol. The molecule has 0 saturated heterocycles. The highest BCUT2D eigenvalue weighted by Crippen LogP contribution is 2.28. The Hall–Kier alpha value is -3.31. The number of rotatable bonds is 6. The van der Waals surface area contributed by atoms with E-state index < -0.39 is 12.1 Å². The second kappa shape index (κ2) is 11.2. The summed E-state index contributed by atoms with van der Waals surface area (Å²) in [6.07, 6.45) is -5.08. The van der Waals surface area contributed by atoms with Crippen LogP contribution in [0.1, 0.15) is 28.4 Å². The fourth-order valence-electron chi connectivity index (χ4n) is 3.69. The van der Waals surface area contributed by atoms with Gasteiger partial charge in [-0.1, -0.05) is 47.7 Å². The van der Waals surface area contributed by atoms with Crippen LogP contribution >= 0.6 is 0 Å². The normalized spacial score (nSPS) is 15.9. The molecule has 0 radical (unpaired) electrons. The average molecular weight is 480 g/mol. The van der Waals surface area contributed by atoms with Gasteiger partial charge in [0.15, 0.2) is 0 Å². The number of halogens is 4. The van der Waals surface area contributed by atoms with Crippen molar-refractivity contribution in [3.8, 4) is 0 Å². The molecule has 1 aromatic heterocycles. The maximum absolute atomic E-state index is 13.2. The van der Waals surface area contributed by atoms with Gasteiger partial charge in [-0.2, -0.15) is 13.2 Å². The largest absolute Gasteiger partial charge is 0.490 e. The Balaban J connectivity index is 0.000000406. The lowest BCUT2D eigenvalue weighted by molar-refractivity contribution is -0.192. The van der Waals surface area contributed by atoms with Gasteiger partial charge < -0.3 is 9.84 Å². The standard InChI is InChI=1S/C21H23FN4O.C2HF3O2/c1-25-21-18(15-27-14-17-5-3-2-4-6-17)12-26(13-20(21)23-24-25)11-16-7-9-19(22)10-8-16;3-2(4,5)1(6)7/h2-10,18H,11-15H2,1H3;(H,6,7). The van der Waals surface area contributed by atoms with Crippen molar-refractivity contribution in [3.63, 3.8) is 0 Å². The molecule has 0 saturated carbocycles. The summed E-state index contributed by atoms with van der Waals surface area (Å²) in [4.78, 5) is 11.2. The molecule has 0 amide bonds. The summed E-state index contributed by atoms with van der Waals surface area (Å²) < 4.78 is 52.8. The van der Waals surface area contributed by atoms with E-state index in [1.54, 1.807) is 0 Å². The van der Waals surface area contributed by atoms with Gasteiger partial charge in [-0.05, 0) is 23.3 Å². The third-order valence-corrected chi connectivity index (χ3v) is 5.18. The van der Waals surface area contributed by atoms with Crippen LogP contribution in [0.15, 0.2) is 54.6 Å². The van der Waals surface area contributed by atoms with E-state index in [0.29, 0.717) is 13.2 Å². The van der Waals surface area contributed by atoms with Gasteiger partial charge in [0.25, 0.3) is 0 Å². The van der Waals surface area contributed by atoms with E-state index >= 15 is 0 Å². The monoisotopic (exact) mass is 480 g/mol. The Morgan fingerprint density at radius 3 is 2.38 bits per heavy atom. The lowest BCUT2D eigenvalue weighted by atomic mass is 9.98. The molecule has 1 aliphatic rings. The summed E-state index contributed by atoms with van der Waals surface area (Å²) in [6, 6.07) is 16.9. The topological polar surface area (TPSA) is 80.5 Å². The number of ether oxygens (including phenoxy) is 1. The Kier molecular flexibility index (Phi) is 8.35. The van der Waals surface area contributed by atoms with Crippen LogP contribution in [-0.2, 0) is 36.3 Å². The summed E-state index contributed by atoms with van der Waals surface area (Å²) in [5.41, 5.74) is 4.41. The first-order valence-corrected chi connectivity index (χ1v) is 10.4. The number of aryl methyl sites for hydroxylation is 1. The molecule has 1 atom stereocenters. The number of carbonyl (C=O) groups is 1. The minimum absolute atomic E-state index is 0.206. The van der Waals surface area contributed by atoms with E-state index in [9.17, 15) is 17.6 Å². The zero-order valence-corrected chi connectivity index (χ0v) is 18.4. The smallest absolute Gasteiger partial charge is 0.475 e. The van der Waals surface area contributed by atoms with Crippen molar-refractivity contribution in [2.45, 2.75) is 31.8 Å². The quantitative estimate of drug-likeness (QED) is 0.539. The maximum Gasteiger partial charge on any atom is 0.490 e. The van der Waals surface area contributed by atoms with Gasteiger partial charge >= 0.3 is 12.1 Å². The summed E-state index contributed by atoms with van der Waals surface area (Å²) in [5.74, 6) is -2.76. The number of hydrogen-bond acceptors (Lipinski definition) is 5. The van der Waals surface area contributed by atoms with Crippen LogP contribution in [0, 0.1) is 5.82 Å². The molecule has 0 bridgehead atoms. The second-order valence-corrected chi connectivity index (χ2v) is 7.84. The first-order chi connectivity index (χ1) is 16.1. The van der Waals surface area contributed by atoms with Crippen molar-refractivity contribution in [1.82, 2.24) is 19.9 Å². The van der Waals surface area contributed by atoms with Crippen molar-refractivity contribution < 1.29 is 32.2 Å². The third kappa shape index (κ3) is 7.09. The van der Waals surface area contributed by atoms with Crippen molar-refractivity contribution in [3.05, 3.63) is 82.9 Å². The molecule has 1 aliphatic heterocycles. The van der Waals surface area contributed by atoms with E-state index in [4.69, 9.17) is 14.6 Å². The lowest BCUT2D eigenvalue weighted by Gasteiger charge is -2.32. The second-order valence-electron chi connectivity index (χ2n) is 7.84. The minimum atomic E-state index is -5.08. The third-order valence-electron chi connectivity index (χ3n) is 5.18. The molecule has 182 valence electrons. The lowest BCUT2D eigenvalue weighted by Crippen LogP contribution is -2.36. The Labute approximate surface area is 193 Å². The zero-order chi connectivity index (χ0) is 24.7. The van der Waals surface area contributed by atoms with Crippen LogP contribution in [0.3, 0.4) is 0 Å². The number of carboxylic acid groups (broad SMARTS) is 1. The maximum atomic E-state index is 13.2. The zero-order valence-electron chi connectivity index (χ0n) is 18.4. The van der Waals surface area contributed by atoms with E-state index in [2.05, 4.69) is 27.3 Å². The molecule has 3 aromatic rings. The molecule has 7 nitrogen and oxygen atoms in total. The van der Waals surface area contributed by atoms with E-state index in [1.165, 1.54) is 17.7 Å². The summed E-state index contributed by atoms with van der Waals surface area (Å²) in [5, 5.41) is 15.7. The van der Waals surface area contributed by atoms with Crippen LogP contribution in [0.2, 0.25) is 0 Å². The van der Waals surface area contributed by atoms with Gasteiger partial charge in [0.1, 0.15) is 11.5 Å². The van der Waals surface area contributed by atoms with Gasteiger partial charge in [0, 0.05) is 32.6 Å². The van der Waals surface area contributed by atoms with E-state index in [0.717, 1.165) is 36.6 Å². The number of fused-ring (bicyclic) bond motifs is 1. The minimum Gasteiger partial charge on any atom is -0.475 e. The molecule has 0 aliphatic carbocycles. The van der Waals surface area contributed by atoms with Crippen molar-refractivity contribution >= 4 is 5.97 Å². The number of alkyl halides is 3. The molecule has 4 rings (SSSR count). The number of carboxylic acids is 1. The van der Waals surface area contributed by atoms with Crippen molar-refractivity contribution in [2.24, 2.45) is 7.05 Å². The summed E-state index contributed by atoms with van der Waals surface area (Å²) >= 11 is 0. The Morgan fingerprint density at radius 2 is 1.76 bits per heavy atom. The summed E-state index contributed by atoms with van der Waals surface area (Å²) in [6.45, 7) is 3.57. The van der Waals surface area contributed by atoms with Crippen LogP contribution < -0.4 is 0 Å². The Bertz CT molecular complexity index is 1070. The molecule has 1 N–H and O–H groups in total. The number of aromatic nitrogens is 3. The van der Waals surface area contributed by atoms with Gasteiger partial charge in [-0.25, -0.2) is 9.18 Å². The first-order valence-electron chi connectivity index (χ1n) is 10.4. The number of benzene rings is 2. The number of nitrogens with zero attached hydrogens (tertiary/aromatic N) is 4. The van der Waals surface area contributed by atoms with Crippen LogP contribution in [-0.4, -0.2) is 50.3 Å². The highest BCUT2D eigenvalue weighted by Gasteiger charge is 2.38. The number of hydrogen-bond donors (Lipinski definition) is 1. The first kappa shape index (κ1) is 25.3. The molecule has 2 heterocycles. The van der Waals surface area contributed by atoms with Gasteiger partial charge in [-0.15, -0.1) is 5.10 Å². The number of aliphatic carboxylic acids is 1. The van der Waals surface area contributed by atoms with Gasteiger partial charge in [0.2, 0.25) is 0 Å². The van der Waals surface area contributed by atoms with Gasteiger partial charge in [0.05, 0.1) is 18.9 Å². The predicted octanol–water partition coefficient (Wildman–Crippen LogP) is 3.90. The fourth-order valence-corrected chi connectivity index (χ4v) is 3.69. The molecule has 2 aromatic carbocycles. The molecule has 0 fully saturated rings. The SMILES string of the molecule is Cn1nnc2c1C(COCc1ccccc1)CN(Cc1ccc(F)cc1)C2.O=C(O)C(F)(F)F. The molecular formula is C23H24F4N4O3. The summed E-state index contributed by atoms with van der Waals surface area (Å²) in [7, 11) is 1.94. The van der Waals surface area contributed by atoms with Crippen molar-refractivity contribution in [1.29, 1.82) is 0 Å². The van der Waals surface area contributed by atoms with E-state index in [-0.39, 0.29) is 11.7 Å². The van der Waals surface area contributed by atoms with Gasteiger partial charge in [-0.3, -0.25) is 9.58 Å². The highest BCUT2D eigenvalue weighted by atomic mass is 19.4. The predicted molar refractivity (Wildman–Crippen MR) is 114 cm³/mol.